The van der Waals surface area contributed by atoms with Crippen LogP contribution in [-0.4, -0.2) is 24.5 Å². The lowest BCUT2D eigenvalue weighted by atomic mass is 9.83. The number of hydrogen-bond acceptors (Lipinski definition) is 2. The van der Waals surface area contributed by atoms with Crippen LogP contribution < -0.4 is 10.6 Å². The molecule has 2 rings (SSSR count). The smallest absolute Gasteiger partial charge is 0.230 e. The molecule has 1 aromatic carbocycles. The summed E-state index contributed by atoms with van der Waals surface area (Å²) in [6, 6.07) is 8.06. The Hall–Kier alpha value is -0.770. The Kier molecular flexibility index (Phi) is 6.51. The van der Waals surface area contributed by atoms with Crippen molar-refractivity contribution in [1.29, 1.82) is 0 Å². The summed E-state index contributed by atoms with van der Waals surface area (Å²) in [5.41, 5.74) is 0.241. The van der Waals surface area contributed by atoms with Crippen molar-refractivity contribution in [2.75, 3.05) is 6.54 Å². The standard InChI is InChI=1S/C16H23ClN2O.ClH/c1-11-14(9-6-10-18-11)19-15(20)16(2,3)12-7-4-5-8-13(12)17;/h4-5,7-8,11,14,18H,6,9-10H2,1-3H3,(H,19,20);1H. The maximum absolute atomic E-state index is 12.6. The summed E-state index contributed by atoms with van der Waals surface area (Å²) in [5.74, 6) is 0.0335. The Bertz CT molecular complexity index is 491. The number of rotatable bonds is 3. The third kappa shape index (κ3) is 4.12. The van der Waals surface area contributed by atoms with Crippen LogP contribution >= 0.6 is 24.0 Å². The maximum atomic E-state index is 12.6. The molecule has 118 valence electrons. The Labute approximate surface area is 138 Å². The van der Waals surface area contributed by atoms with Gasteiger partial charge in [0.2, 0.25) is 5.91 Å². The van der Waals surface area contributed by atoms with Gasteiger partial charge in [0.1, 0.15) is 0 Å². The summed E-state index contributed by atoms with van der Waals surface area (Å²) >= 11 is 6.23. The third-order valence-electron chi connectivity index (χ3n) is 4.19. The molecule has 1 aliphatic heterocycles. The maximum Gasteiger partial charge on any atom is 0.230 e. The lowest BCUT2D eigenvalue weighted by Crippen LogP contribution is -2.55. The molecule has 1 fully saturated rings. The van der Waals surface area contributed by atoms with E-state index < -0.39 is 5.41 Å². The fourth-order valence-electron chi connectivity index (χ4n) is 2.68. The van der Waals surface area contributed by atoms with Crippen LogP contribution in [0, 0.1) is 0 Å². The van der Waals surface area contributed by atoms with Crippen molar-refractivity contribution in [2.24, 2.45) is 0 Å². The first-order valence-electron chi connectivity index (χ1n) is 7.22. The van der Waals surface area contributed by atoms with Crippen LogP contribution in [0.15, 0.2) is 24.3 Å². The van der Waals surface area contributed by atoms with Crippen LogP contribution in [0.1, 0.15) is 39.2 Å². The number of carbonyl (C=O) groups is 1. The van der Waals surface area contributed by atoms with E-state index in [1.165, 1.54) is 0 Å². The fourth-order valence-corrected chi connectivity index (χ4v) is 3.05. The molecule has 1 amide bonds. The molecule has 0 aliphatic carbocycles. The van der Waals surface area contributed by atoms with Gasteiger partial charge in [-0.3, -0.25) is 4.79 Å². The zero-order valence-corrected chi connectivity index (χ0v) is 14.4. The average Bonchev–Trinajstić information content (AvgIpc) is 2.41. The number of nitrogens with one attached hydrogen (secondary N) is 2. The Morgan fingerprint density at radius 1 is 1.38 bits per heavy atom. The van der Waals surface area contributed by atoms with Crippen molar-refractivity contribution in [3.8, 4) is 0 Å². The number of hydrogen-bond donors (Lipinski definition) is 2. The summed E-state index contributed by atoms with van der Waals surface area (Å²) < 4.78 is 0. The van der Waals surface area contributed by atoms with Crippen molar-refractivity contribution in [2.45, 2.75) is 51.1 Å². The first kappa shape index (κ1) is 18.3. The molecule has 0 radical (unpaired) electrons. The summed E-state index contributed by atoms with van der Waals surface area (Å²) in [7, 11) is 0. The highest BCUT2D eigenvalue weighted by molar-refractivity contribution is 6.31. The van der Waals surface area contributed by atoms with Crippen LogP contribution in [0.5, 0.6) is 0 Å². The summed E-state index contributed by atoms with van der Waals surface area (Å²) in [6.45, 7) is 6.99. The highest BCUT2D eigenvalue weighted by Crippen LogP contribution is 2.30. The van der Waals surface area contributed by atoms with E-state index in [1.807, 2.05) is 38.1 Å². The van der Waals surface area contributed by atoms with E-state index in [9.17, 15) is 4.79 Å². The summed E-state index contributed by atoms with van der Waals surface area (Å²) in [5, 5.41) is 7.21. The van der Waals surface area contributed by atoms with Gasteiger partial charge in [-0.2, -0.15) is 0 Å². The predicted octanol–water partition coefficient (Wildman–Crippen LogP) is 3.30. The normalized spacial score (nSPS) is 22.3. The van der Waals surface area contributed by atoms with Gasteiger partial charge in [0, 0.05) is 17.1 Å². The van der Waals surface area contributed by atoms with Crippen LogP contribution in [0.3, 0.4) is 0 Å². The Morgan fingerprint density at radius 3 is 2.67 bits per heavy atom. The van der Waals surface area contributed by atoms with Gasteiger partial charge < -0.3 is 10.6 Å². The van der Waals surface area contributed by atoms with Crippen molar-refractivity contribution < 1.29 is 4.79 Å². The molecule has 2 unspecified atom stereocenters. The molecule has 2 N–H and O–H groups in total. The van der Waals surface area contributed by atoms with Gasteiger partial charge in [0.25, 0.3) is 0 Å². The highest BCUT2D eigenvalue weighted by atomic mass is 35.5. The molecule has 0 saturated carbocycles. The molecule has 1 aliphatic rings. The molecule has 5 heteroatoms. The van der Waals surface area contributed by atoms with Crippen molar-refractivity contribution >= 4 is 29.9 Å². The molecule has 0 spiro atoms. The van der Waals surface area contributed by atoms with Gasteiger partial charge in [0.15, 0.2) is 0 Å². The van der Waals surface area contributed by atoms with Gasteiger partial charge in [0.05, 0.1) is 5.41 Å². The van der Waals surface area contributed by atoms with Gasteiger partial charge in [-0.15, -0.1) is 12.4 Å². The molecule has 1 heterocycles. The minimum Gasteiger partial charge on any atom is -0.351 e. The second-order valence-electron chi connectivity index (χ2n) is 6.07. The fraction of sp³-hybridized carbons (Fsp3) is 0.562. The quantitative estimate of drug-likeness (QED) is 0.892. The predicted molar refractivity (Wildman–Crippen MR) is 90.4 cm³/mol. The molecule has 0 aromatic heterocycles. The minimum atomic E-state index is -0.629. The second-order valence-corrected chi connectivity index (χ2v) is 6.48. The van der Waals surface area contributed by atoms with Crippen LogP contribution in [-0.2, 0) is 10.2 Å². The number of amides is 1. The van der Waals surface area contributed by atoms with E-state index >= 15 is 0 Å². The zero-order valence-electron chi connectivity index (χ0n) is 12.8. The first-order chi connectivity index (χ1) is 9.43. The first-order valence-corrected chi connectivity index (χ1v) is 7.60. The lowest BCUT2D eigenvalue weighted by Gasteiger charge is -2.34. The summed E-state index contributed by atoms with van der Waals surface area (Å²) in [4.78, 5) is 12.6. The average molecular weight is 331 g/mol. The van der Waals surface area contributed by atoms with Gasteiger partial charge in [-0.05, 0) is 51.8 Å². The number of carbonyl (C=O) groups excluding carboxylic acids is 1. The largest absolute Gasteiger partial charge is 0.351 e. The Balaban J connectivity index is 0.00000220. The third-order valence-corrected chi connectivity index (χ3v) is 4.52. The zero-order chi connectivity index (χ0) is 14.8. The van der Waals surface area contributed by atoms with Gasteiger partial charge in [-0.1, -0.05) is 29.8 Å². The molecule has 21 heavy (non-hydrogen) atoms. The van der Waals surface area contributed by atoms with Crippen molar-refractivity contribution in [3.63, 3.8) is 0 Å². The van der Waals surface area contributed by atoms with E-state index in [-0.39, 0.29) is 24.4 Å². The number of benzene rings is 1. The van der Waals surface area contributed by atoms with Gasteiger partial charge >= 0.3 is 0 Å². The van der Waals surface area contributed by atoms with E-state index in [1.54, 1.807) is 0 Å². The lowest BCUT2D eigenvalue weighted by molar-refractivity contribution is -0.126. The molecule has 2 atom stereocenters. The van der Waals surface area contributed by atoms with E-state index in [0.717, 1.165) is 24.9 Å². The van der Waals surface area contributed by atoms with Crippen LogP contribution in [0.2, 0.25) is 5.02 Å². The Morgan fingerprint density at radius 2 is 2.05 bits per heavy atom. The molecule has 1 saturated heterocycles. The number of halogens is 2. The van der Waals surface area contributed by atoms with Crippen molar-refractivity contribution in [3.05, 3.63) is 34.9 Å². The SMILES string of the molecule is CC1NCCCC1NC(=O)C(C)(C)c1ccccc1Cl.Cl. The monoisotopic (exact) mass is 330 g/mol. The molecule has 1 aromatic rings. The van der Waals surface area contributed by atoms with Crippen molar-refractivity contribution in [1.82, 2.24) is 10.6 Å². The van der Waals surface area contributed by atoms with Gasteiger partial charge in [-0.25, -0.2) is 0 Å². The molecular formula is C16H24Cl2N2O. The van der Waals surface area contributed by atoms with E-state index in [2.05, 4.69) is 17.6 Å². The van der Waals surface area contributed by atoms with Crippen LogP contribution in [0.25, 0.3) is 0 Å². The second kappa shape index (κ2) is 7.48. The number of piperidine rings is 1. The molecule has 0 bridgehead atoms. The minimum absolute atomic E-state index is 0. The van der Waals surface area contributed by atoms with E-state index in [0.29, 0.717) is 11.1 Å². The summed E-state index contributed by atoms with van der Waals surface area (Å²) in [6.07, 6.45) is 2.13. The van der Waals surface area contributed by atoms with E-state index in [4.69, 9.17) is 11.6 Å². The molecule has 3 nitrogen and oxygen atoms in total. The highest BCUT2D eigenvalue weighted by Gasteiger charge is 2.34. The molecular weight excluding hydrogens is 307 g/mol. The topological polar surface area (TPSA) is 41.1 Å². The van der Waals surface area contributed by atoms with Crippen LogP contribution in [0.4, 0.5) is 0 Å².